The first-order chi connectivity index (χ1) is 14.1. The van der Waals surface area contributed by atoms with Gasteiger partial charge in [0, 0.05) is 12.0 Å². The van der Waals surface area contributed by atoms with Crippen LogP contribution in [0.15, 0.2) is 72.8 Å². The highest BCUT2D eigenvalue weighted by atomic mass is 16.1. The Morgan fingerprint density at radius 1 is 0.897 bits per heavy atom. The maximum atomic E-state index is 12.8. The van der Waals surface area contributed by atoms with E-state index in [1.54, 1.807) is 0 Å². The number of carbonyl (C=O) groups is 1. The van der Waals surface area contributed by atoms with Crippen LogP contribution in [0.1, 0.15) is 49.9 Å². The Hall–Kier alpha value is -2.65. The lowest BCUT2D eigenvalue weighted by Crippen LogP contribution is -2.42. The van der Waals surface area contributed by atoms with Crippen LogP contribution in [-0.2, 0) is 4.79 Å². The van der Waals surface area contributed by atoms with Crippen molar-refractivity contribution < 1.29 is 4.79 Å². The zero-order valence-corrected chi connectivity index (χ0v) is 17.3. The third-order valence-electron chi connectivity index (χ3n) is 6.38. The van der Waals surface area contributed by atoms with Gasteiger partial charge in [-0.05, 0) is 61.7 Å². The molecule has 150 valence electrons. The molecule has 4 rings (SSSR count). The van der Waals surface area contributed by atoms with E-state index in [1.165, 1.54) is 16.3 Å². The summed E-state index contributed by atoms with van der Waals surface area (Å²) in [5.74, 6) is 0.302. The quantitative estimate of drug-likeness (QED) is 0.629. The highest BCUT2D eigenvalue weighted by Crippen LogP contribution is 2.31. The van der Waals surface area contributed by atoms with E-state index >= 15 is 0 Å². The van der Waals surface area contributed by atoms with Crippen molar-refractivity contribution in [2.45, 2.75) is 38.8 Å². The fourth-order valence-corrected chi connectivity index (χ4v) is 4.52. The number of benzene rings is 3. The van der Waals surface area contributed by atoms with Crippen molar-refractivity contribution >= 4 is 16.7 Å². The summed E-state index contributed by atoms with van der Waals surface area (Å²) in [4.78, 5) is 15.3. The van der Waals surface area contributed by atoms with E-state index in [1.807, 2.05) is 18.2 Å². The smallest absolute Gasteiger partial charge is 0.223 e. The van der Waals surface area contributed by atoms with Crippen molar-refractivity contribution in [2.24, 2.45) is 5.92 Å². The minimum atomic E-state index is 0.0522. The van der Waals surface area contributed by atoms with E-state index in [0.29, 0.717) is 6.04 Å². The number of rotatable bonds is 5. The first-order valence-electron chi connectivity index (χ1n) is 10.7. The molecule has 1 saturated heterocycles. The Bertz CT molecular complexity index is 955. The van der Waals surface area contributed by atoms with Gasteiger partial charge in [0.15, 0.2) is 0 Å². The Balaban J connectivity index is 1.37. The normalized spacial score (nSPS) is 17.7. The Morgan fingerprint density at radius 2 is 1.55 bits per heavy atom. The van der Waals surface area contributed by atoms with Crippen molar-refractivity contribution in [1.82, 2.24) is 10.2 Å². The van der Waals surface area contributed by atoms with E-state index in [9.17, 15) is 4.79 Å². The molecule has 1 fully saturated rings. The van der Waals surface area contributed by atoms with Gasteiger partial charge in [0.2, 0.25) is 5.91 Å². The number of piperidine rings is 1. The minimum Gasteiger partial charge on any atom is -0.349 e. The molecule has 0 unspecified atom stereocenters. The zero-order chi connectivity index (χ0) is 20.2. The lowest BCUT2D eigenvalue weighted by atomic mass is 9.92. The van der Waals surface area contributed by atoms with Gasteiger partial charge in [0.1, 0.15) is 0 Å². The summed E-state index contributed by atoms with van der Waals surface area (Å²) in [5, 5.41) is 5.83. The van der Waals surface area contributed by atoms with Crippen LogP contribution >= 0.6 is 0 Å². The van der Waals surface area contributed by atoms with Gasteiger partial charge < -0.3 is 5.32 Å². The molecule has 3 aromatic rings. The molecular formula is C26H30N2O. The Labute approximate surface area is 173 Å². The van der Waals surface area contributed by atoms with Crippen molar-refractivity contribution in [1.29, 1.82) is 0 Å². The summed E-state index contributed by atoms with van der Waals surface area (Å²) in [6.07, 6.45) is 1.84. The molecule has 29 heavy (non-hydrogen) atoms. The lowest BCUT2D eigenvalue weighted by molar-refractivity contribution is -0.127. The molecule has 2 atom stereocenters. The van der Waals surface area contributed by atoms with Crippen molar-refractivity contribution in [3.05, 3.63) is 83.9 Å². The van der Waals surface area contributed by atoms with E-state index in [0.717, 1.165) is 31.5 Å². The molecule has 0 spiro atoms. The predicted molar refractivity (Wildman–Crippen MR) is 120 cm³/mol. The molecular weight excluding hydrogens is 356 g/mol. The van der Waals surface area contributed by atoms with Crippen LogP contribution in [0.2, 0.25) is 0 Å². The van der Waals surface area contributed by atoms with Gasteiger partial charge >= 0.3 is 0 Å². The van der Waals surface area contributed by atoms with Crippen LogP contribution in [0, 0.1) is 5.92 Å². The van der Waals surface area contributed by atoms with Gasteiger partial charge in [-0.25, -0.2) is 0 Å². The first-order valence-corrected chi connectivity index (χ1v) is 10.7. The molecule has 3 aromatic carbocycles. The second kappa shape index (κ2) is 8.79. The molecule has 1 heterocycles. The largest absolute Gasteiger partial charge is 0.349 e. The van der Waals surface area contributed by atoms with Crippen LogP contribution in [0.3, 0.4) is 0 Å². The molecule has 0 bridgehead atoms. The molecule has 3 heteroatoms. The van der Waals surface area contributed by atoms with Crippen LogP contribution in [0.5, 0.6) is 0 Å². The summed E-state index contributed by atoms with van der Waals surface area (Å²) in [5.41, 5.74) is 2.53. The lowest BCUT2D eigenvalue weighted by Gasteiger charge is -2.36. The molecule has 1 N–H and O–H groups in total. The summed E-state index contributed by atoms with van der Waals surface area (Å²) in [6, 6.07) is 25.8. The topological polar surface area (TPSA) is 32.3 Å². The van der Waals surface area contributed by atoms with Gasteiger partial charge in [0.05, 0.1) is 6.04 Å². The predicted octanol–water partition coefficient (Wildman–Crippen LogP) is 5.49. The molecule has 1 aliphatic rings. The second-order valence-corrected chi connectivity index (χ2v) is 8.20. The number of amides is 1. The van der Waals surface area contributed by atoms with Gasteiger partial charge in [-0.3, -0.25) is 9.69 Å². The van der Waals surface area contributed by atoms with Crippen molar-refractivity contribution in [2.75, 3.05) is 13.1 Å². The fourth-order valence-electron chi connectivity index (χ4n) is 4.52. The van der Waals surface area contributed by atoms with Crippen LogP contribution in [0.4, 0.5) is 0 Å². The number of carbonyl (C=O) groups excluding carboxylic acids is 1. The molecule has 1 amide bonds. The number of hydrogen-bond donors (Lipinski definition) is 1. The van der Waals surface area contributed by atoms with Crippen molar-refractivity contribution in [3.63, 3.8) is 0 Å². The second-order valence-electron chi connectivity index (χ2n) is 8.20. The van der Waals surface area contributed by atoms with Crippen LogP contribution in [0.25, 0.3) is 10.8 Å². The third kappa shape index (κ3) is 4.35. The standard InChI is InChI=1S/C26H30N2O/c1-19(21-9-4-3-5-10-21)27-26(29)23-15-17-28(18-16-23)20(2)24-14-8-12-22-11-6-7-13-25(22)24/h3-14,19-20,23H,15-18H2,1-2H3,(H,27,29)/t19-,20+/m0/s1. The molecule has 0 saturated carbocycles. The highest BCUT2D eigenvalue weighted by molar-refractivity contribution is 5.86. The molecule has 0 aromatic heterocycles. The van der Waals surface area contributed by atoms with E-state index in [-0.39, 0.29) is 17.9 Å². The summed E-state index contributed by atoms with van der Waals surface area (Å²) < 4.78 is 0. The molecule has 0 aliphatic carbocycles. The number of nitrogens with one attached hydrogen (secondary N) is 1. The third-order valence-corrected chi connectivity index (χ3v) is 6.38. The number of hydrogen-bond acceptors (Lipinski definition) is 2. The SMILES string of the molecule is C[C@H](NC(=O)C1CCN([C@H](C)c2cccc3ccccc23)CC1)c1ccccc1. The summed E-state index contributed by atoms with van der Waals surface area (Å²) >= 11 is 0. The highest BCUT2D eigenvalue weighted by Gasteiger charge is 2.28. The van der Waals surface area contributed by atoms with Crippen LogP contribution < -0.4 is 5.32 Å². The van der Waals surface area contributed by atoms with Gasteiger partial charge in [-0.15, -0.1) is 0 Å². The Morgan fingerprint density at radius 3 is 2.31 bits per heavy atom. The fraction of sp³-hybridized carbons (Fsp3) is 0.346. The van der Waals surface area contributed by atoms with E-state index in [4.69, 9.17) is 0 Å². The number of nitrogens with zero attached hydrogens (tertiary/aromatic N) is 1. The summed E-state index contributed by atoms with van der Waals surface area (Å²) in [7, 11) is 0. The average molecular weight is 387 g/mol. The van der Waals surface area contributed by atoms with Gasteiger partial charge in [0.25, 0.3) is 0 Å². The Kier molecular flexibility index (Phi) is 5.96. The molecule has 3 nitrogen and oxygen atoms in total. The monoisotopic (exact) mass is 386 g/mol. The average Bonchev–Trinajstić information content (AvgIpc) is 2.79. The van der Waals surface area contributed by atoms with Crippen molar-refractivity contribution in [3.8, 4) is 0 Å². The first kappa shape index (κ1) is 19.7. The zero-order valence-electron chi connectivity index (χ0n) is 17.3. The van der Waals surface area contributed by atoms with E-state index in [2.05, 4.69) is 78.7 Å². The molecule has 1 aliphatic heterocycles. The maximum Gasteiger partial charge on any atom is 0.223 e. The minimum absolute atomic E-state index is 0.0522. The number of fused-ring (bicyclic) bond motifs is 1. The van der Waals surface area contributed by atoms with E-state index < -0.39 is 0 Å². The maximum absolute atomic E-state index is 12.8. The summed E-state index contributed by atoms with van der Waals surface area (Å²) in [6.45, 7) is 6.27. The van der Waals surface area contributed by atoms with Gasteiger partial charge in [-0.2, -0.15) is 0 Å². The van der Waals surface area contributed by atoms with Gasteiger partial charge in [-0.1, -0.05) is 72.8 Å². The van der Waals surface area contributed by atoms with Crippen LogP contribution in [-0.4, -0.2) is 23.9 Å². The number of likely N-dealkylation sites (tertiary alicyclic amines) is 1. The molecule has 0 radical (unpaired) electrons.